The summed E-state index contributed by atoms with van der Waals surface area (Å²) >= 11 is 0. The highest BCUT2D eigenvalue weighted by Crippen LogP contribution is 2.27. The number of nitrogens with zero attached hydrogens (tertiary/aromatic N) is 2. The Morgan fingerprint density at radius 2 is 1.43 bits per heavy atom. The number of anilines is 2. The second-order valence-electron chi connectivity index (χ2n) is 5.53. The number of aromatic nitrogens is 2. The van der Waals surface area contributed by atoms with Crippen molar-refractivity contribution in [2.75, 3.05) is 18.2 Å². The van der Waals surface area contributed by atoms with Crippen molar-refractivity contribution in [3.8, 4) is 22.6 Å². The minimum Gasteiger partial charge on any atom is -0.453 e. The van der Waals surface area contributed by atoms with Gasteiger partial charge < -0.3 is 19.5 Å². The molecule has 28 heavy (non-hydrogen) atoms. The first-order valence-corrected chi connectivity index (χ1v) is 8.29. The predicted molar refractivity (Wildman–Crippen MR) is 104 cm³/mol. The molecule has 0 spiro atoms. The third-order valence-electron chi connectivity index (χ3n) is 3.66. The molecule has 0 aliphatic heterocycles. The Labute approximate surface area is 160 Å². The van der Waals surface area contributed by atoms with E-state index < -0.39 is 6.09 Å². The molecule has 0 radical (unpaired) electrons. The number of hydrogen-bond donors (Lipinski definition) is 2. The van der Waals surface area contributed by atoms with E-state index in [9.17, 15) is 4.79 Å². The summed E-state index contributed by atoms with van der Waals surface area (Å²) in [5.41, 5.74) is 8.46. The number of methoxy groups -OCH3 is 1. The number of nitrogen functional groups attached to an aromatic ring is 1. The highest BCUT2D eigenvalue weighted by Gasteiger charge is 2.12. The molecule has 4 aromatic rings. The molecule has 0 bridgehead atoms. The number of ether oxygens (including phenoxy) is 1. The van der Waals surface area contributed by atoms with E-state index in [1.54, 1.807) is 0 Å². The van der Waals surface area contributed by atoms with Gasteiger partial charge in [-0.05, 0) is 0 Å². The standard InChI is InChI=1S/C11H10N2O3.C9H8N2O/c1-15-11(14)13-9-7-12-16-10(9)8-5-3-2-4-6-8;10-8-6-11-12-9(8)7-4-2-1-3-5-7/h2-7H,1H3,(H,13,14);1-6H,10H2. The molecule has 1 amide bonds. The number of rotatable bonds is 3. The van der Waals surface area contributed by atoms with Crippen molar-refractivity contribution in [1.29, 1.82) is 0 Å². The van der Waals surface area contributed by atoms with E-state index in [-0.39, 0.29) is 0 Å². The highest BCUT2D eigenvalue weighted by atomic mass is 16.5. The SMILES string of the molecule is COC(=O)Nc1cnoc1-c1ccccc1.Nc1cnoc1-c1ccccc1. The molecule has 0 atom stereocenters. The average Bonchev–Trinajstić information content (AvgIpc) is 3.38. The molecule has 3 N–H and O–H groups in total. The van der Waals surface area contributed by atoms with Gasteiger partial charge in [0.15, 0.2) is 11.5 Å². The van der Waals surface area contributed by atoms with Crippen LogP contribution >= 0.6 is 0 Å². The van der Waals surface area contributed by atoms with Gasteiger partial charge in [0.25, 0.3) is 0 Å². The van der Waals surface area contributed by atoms with E-state index in [0.29, 0.717) is 22.9 Å². The first kappa shape index (κ1) is 18.7. The van der Waals surface area contributed by atoms with Crippen molar-refractivity contribution in [3.05, 3.63) is 73.1 Å². The molecule has 142 valence electrons. The maximum atomic E-state index is 11.1. The van der Waals surface area contributed by atoms with Gasteiger partial charge in [0.2, 0.25) is 0 Å². The van der Waals surface area contributed by atoms with Crippen molar-refractivity contribution < 1.29 is 18.6 Å². The van der Waals surface area contributed by atoms with E-state index in [1.807, 2.05) is 60.7 Å². The Morgan fingerprint density at radius 1 is 0.893 bits per heavy atom. The monoisotopic (exact) mass is 378 g/mol. The van der Waals surface area contributed by atoms with Crippen LogP contribution in [0.1, 0.15) is 0 Å². The smallest absolute Gasteiger partial charge is 0.411 e. The minimum absolute atomic E-state index is 0.484. The van der Waals surface area contributed by atoms with Gasteiger partial charge in [-0.2, -0.15) is 0 Å². The minimum atomic E-state index is -0.555. The zero-order valence-electron chi connectivity index (χ0n) is 15.0. The summed E-state index contributed by atoms with van der Waals surface area (Å²) < 4.78 is 14.5. The van der Waals surface area contributed by atoms with Crippen LogP contribution in [-0.4, -0.2) is 23.5 Å². The lowest BCUT2D eigenvalue weighted by Crippen LogP contribution is -2.10. The van der Waals surface area contributed by atoms with E-state index in [4.69, 9.17) is 14.8 Å². The van der Waals surface area contributed by atoms with Crippen molar-refractivity contribution in [3.63, 3.8) is 0 Å². The molecular weight excluding hydrogens is 360 g/mol. The molecule has 2 aromatic heterocycles. The molecule has 0 saturated heterocycles. The Hall–Kier alpha value is -4.07. The number of benzene rings is 2. The Balaban J connectivity index is 0.000000167. The largest absolute Gasteiger partial charge is 0.453 e. The molecule has 0 aliphatic carbocycles. The van der Waals surface area contributed by atoms with Gasteiger partial charge in [0.1, 0.15) is 11.4 Å². The van der Waals surface area contributed by atoms with Gasteiger partial charge in [-0.1, -0.05) is 71.0 Å². The topological polar surface area (TPSA) is 116 Å². The van der Waals surface area contributed by atoms with Gasteiger partial charge in [-0.3, -0.25) is 5.32 Å². The summed E-state index contributed by atoms with van der Waals surface area (Å²) in [4.78, 5) is 11.1. The van der Waals surface area contributed by atoms with Crippen molar-refractivity contribution in [2.24, 2.45) is 0 Å². The third kappa shape index (κ3) is 4.55. The van der Waals surface area contributed by atoms with E-state index in [0.717, 1.165) is 11.1 Å². The molecule has 0 unspecified atom stereocenters. The van der Waals surface area contributed by atoms with Crippen molar-refractivity contribution >= 4 is 17.5 Å². The fraction of sp³-hybridized carbons (Fsp3) is 0.0500. The molecule has 2 heterocycles. The highest BCUT2D eigenvalue weighted by molar-refractivity contribution is 5.89. The quantitative estimate of drug-likeness (QED) is 0.541. The summed E-state index contributed by atoms with van der Waals surface area (Å²) in [6.45, 7) is 0. The number of nitrogens with two attached hydrogens (primary N) is 1. The summed E-state index contributed by atoms with van der Waals surface area (Å²) in [5.74, 6) is 1.14. The van der Waals surface area contributed by atoms with Gasteiger partial charge in [-0.25, -0.2) is 4.79 Å². The van der Waals surface area contributed by atoms with E-state index in [1.165, 1.54) is 19.5 Å². The number of hydrogen-bond acceptors (Lipinski definition) is 7. The van der Waals surface area contributed by atoms with E-state index >= 15 is 0 Å². The Morgan fingerprint density at radius 3 is 1.96 bits per heavy atom. The Kier molecular flexibility index (Phi) is 6.04. The number of amides is 1. The lowest BCUT2D eigenvalue weighted by Gasteiger charge is -2.02. The average molecular weight is 378 g/mol. The lowest BCUT2D eigenvalue weighted by molar-refractivity contribution is 0.187. The lowest BCUT2D eigenvalue weighted by atomic mass is 10.1. The van der Waals surface area contributed by atoms with Gasteiger partial charge >= 0.3 is 6.09 Å². The van der Waals surface area contributed by atoms with E-state index in [2.05, 4.69) is 20.4 Å². The van der Waals surface area contributed by atoms with Crippen LogP contribution in [0.5, 0.6) is 0 Å². The van der Waals surface area contributed by atoms with Crippen LogP contribution in [0.3, 0.4) is 0 Å². The third-order valence-corrected chi connectivity index (χ3v) is 3.66. The van der Waals surface area contributed by atoms with Gasteiger partial charge in [-0.15, -0.1) is 0 Å². The maximum absolute atomic E-state index is 11.1. The predicted octanol–water partition coefficient (Wildman–Crippen LogP) is 4.44. The second-order valence-corrected chi connectivity index (χ2v) is 5.53. The zero-order valence-corrected chi connectivity index (χ0v) is 15.0. The molecule has 8 nitrogen and oxygen atoms in total. The molecule has 8 heteroatoms. The number of carbonyl (C=O) groups excluding carboxylic acids is 1. The van der Waals surface area contributed by atoms with Crippen molar-refractivity contribution in [2.45, 2.75) is 0 Å². The summed E-state index contributed by atoms with van der Waals surface area (Å²) in [7, 11) is 1.30. The number of carbonyl (C=O) groups is 1. The fourth-order valence-electron chi connectivity index (χ4n) is 2.34. The number of nitrogens with one attached hydrogen (secondary N) is 1. The molecular formula is C20H18N4O4. The maximum Gasteiger partial charge on any atom is 0.411 e. The summed E-state index contributed by atoms with van der Waals surface area (Å²) in [5, 5.41) is 9.76. The van der Waals surface area contributed by atoms with Crippen LogP contribution < -0.4 is 11.1 Å². The van der Waals surface area contributed by atoms with Crippen LogP contribution in [0.15, 0.2) is 82.1 Å². The Bertz CT molecular complexity index is 1010. The van der Waals surface area contributed by atoms with Crippen LogP contribution in [0.25, 0.3) is 22.6 Å². The fourth-order valence-corrected chi connectivity index (χ4v) is 2.34. The first-order chi connectivity index (χ1) is 13.7. The van der Waals surface area contributed by atoms with Crippen LogP contribution in [-0.2, 0) is 4.74 Å². The summed E-state index contributed by atoms with van der Waals surface area (Å²) in [6, 6.07) is 19.0. The molecule has 0 fully saturated rings. The molecule has 2 aromatic carbocycles. The first-order valence-electron chi connectivity index (χ1n) is 8.29. The zero-order chi connectivity index (χ0) is 19.8. The van der Waals surface area contributed by atoms with Gasteiger partial charge in [0, 0.05) is 11.1 Å². The molecule has 4 rings (SSSR count). The normalized spacial score (nSPS) is 9.89. The van der Waals surface area contributed by atoms with Crippen LogP contribution in [0.2, 0.25) is 0 Å². The second kappa shape index (κ2) is 9.04. The molecule has 0 saturated carbocycles. The van der Waals surface area contributed by atoms with Gasteiger partial charge in [0.05, 0.1) is 19.5 Å². The molecule has 0 aliphatic rings. The van der Waals surface area contributed by atoms with Crippen LogP contribution in [0, 0.1) is 0 Å². The van der Waals surface area contributed by atoms with Crippen molar-refractivity contribution in [1.82, 2.24) is 10.3 Å². The summed E-state index contributed by atoms with van der Waals surface area (Å²) in [6.07, 6.45) is 2.38. The van der Waals surface area contributed by atoms with Crippen LogP contribution in [0.4, 0.5) is 16.2 Å².